The summed E-state index contributed by atoms with van der Waals surface area (Å²) in [6, 6.07) is 5.54. The molecule has 0 atom stereocenters. The first kappa shape index (κ1) is 15.3. The quantitative estimate of drug-likeness (QED) is 0.769. The van der Waals surface area contributed by atoms with Crippen molar-refractivity contribution in [1.29, 1.82) is 0 Å². The van der Waals surface area contributed by atoms with Gasteiger partial charge in [0.25, 0.3) is 0 Å². The van der Waals surface area contributed by atoms with E-state index in [1.807, 2.05) is 18.2 Å². The van der Waals surface area contributed by atoms with Gasteiger partial charge in [-0.25, -0.2) is 4.98 Å². The van der Waals surface area contributed by atoms with Crippen molar-refractivity contribution in [2.45, 2.75) is 6.42 Å². The third-order valence-electron chi connectivity index (χ3n) is 3.52. The first-order valence-electron chi connectivity index (χ1n) is 6.97. The van der Waals surface area contributed by atoms with Gasteiger partial charge in [-0.05, 0) is 12.1 Å². The van der Waals surface area contributed by atoms with Crippen molar-refractivity contribution in [3.8, 4) is 10.7 Å². The van der Waals surface area contributed by atoms with Crippen molar-refractivity contribution in [3.63, 3.8) is 0 Å². The Morgan fingerprint density at radius 3 is 2.65 bits per heavy atom. The number of likely N-dealkylation sites (N-methyl/N-ethyl adjacent to an activating group) is 1. The van der Waals surface area contributed by atoms with Gasteiger partial charge in [-0.15, -0.1) is 11.3 Å². The van der Waals surface area contributed by atoms with Crippen LogP contribution in [0.25, 0.3) is 10.7 Å². The number of hydrogen-bond donors (Lipinski definition) is 0. The zero-order valence-electron chi connectivity index (χ0n) is 12.4. The Labute approximate surface area is 136 Å². The fourth-order valence-electron chi connectivity index (χ4n) is 2.17. The second kappa shape index (κ2) is 6.25. The lowest BCUT2D eigenvalue weighted by Crippen LogP contribution is -2.54. The SMILES string of the molecule is CN1C(=O)CN(C(=O)Cc2csc(-c3ccccn3)n2)CC1=O. The van der Waals surface area contributed by atoms with E-state index in [1.165, 1.54) is 23.3 Å². The van der Waals surface area contributed by atoms with E-state index in [2.05, 4.69) is 9.97 Å². The van der Waals surface area contributed by atoms with Crippen LogP contribution in [0.4, 0.5) is 0 Å². The lowest BCUT2D eigenvalue weighted by atomic mass is 10.2. The van der Waals surface area contributed by atoms with Crippen LogP contribution in [0.15, 0.2) is 29.8 Å². The van der Waals surface area contributed by atoms with Crippen molar-refractivity contribution in [2.24, 2.45) is 0 Å². The molecule has 1 aliphatic heterocycles. The highest BCUT2D eigenvalue weighted by atomic mass is 32.1. The van der Waals surface area contributed by atoms with E-state index in [1.54, 1.807) is 11.6 Å². The molecular weight excluding hydrogens is 316 g/mol. The van der Waals surface area contributed by atoms with Gasteiger partial charge < -0.3 is 4.90 Å². The summed E-state index contributed by atoms with van der Waals surface area (Å²) in [4.78, 5) is 46.5. The number of rotatable bonds is 3. The molecule has 0 aliphatic carbocycles. The van der Waals surface area contributed by atoms with Crippen LogP contribution in [0.2, 0.25) is 0 Å². The van der Waals surface area contributed by atoms with Crippen molar-refractivity contribution in [3.05, 3.63) is 35.5 Å². The second-order valence-electron chi connectivity index (χ2n) is 5.13. The summed E-state index contributed by atoms with van der Waals surface area (Å²) in [5, 5.41) is 2.53. The van der Waals surface area contributed by atoms with Gasteiger partial charge in [-0.2, -0.15) is 0 Å². The number of hydrogen-bond acceptors (Lipinski definition) is 6. The third kappa shape index (κ3) is 3.26. The summed E-state index contributed by atoms with van der Waals surface area (Å²) >= 11 is 1.41. The number of piperazine rings is 1. The Morgan fingerprint density at radius 1 is 1.26 bits per heavy atom. The molecule has 23 heavy (non-hydrogen) atoms. The van der Waals surface area contributed by atoms with Gasteiger partial charge in [0.15, 0.2) is 0 Å². The summed E-state index contributed by atoms with van der Waals surface area (Å²) in [6.45, 7) is -0.142. The van der Waals surface area contributed by atoms with E-state index in [0.29, 0.717) is 5.69 Å². The second-order valence-corrected chi connectivity index (χ2v) is 5.99. The molecule has 2 aromatic rings. The minimum absolute atomic E-state index is 0.0631. The molecule has 3 amide bonds. The maximum Gasteiger partial charge on any atom is 0.248 e. The Kier molecular flexibility index (Phi) is 4.16. The fraction of sp³-hybridized carbons (Fsp3) is 0.267. The molecule has 8 heteroatoms. The van der Waals surface area contributed by atoms with Crippen molar-refractivity contribution in [2.75, 3.05) is 20.1 Å². The molecule has 1 aliphatic rings. The summed E-state index contributed by atoms with van der Waals surface area (Å²) in [7, 11) is 1.42. The minimum Gasteiger partial charge on any atom is -0.324 e. The number of pyridine rings is 1. The third-order valence-corrected chi connectivity index (χ3v) is 4.43. The largest absolute Gasteiger partial charge is 0.324 e. The molecule has 3 heterocycles. The zero-order chi connectivity index (χ0) is 16.4. The summed E-state index contributed by atoms with van der Waals surface area (Å²) in [5.41, 5.74) is 1.36. The van der Waals surface area contributed by atoms with E-state index >= 15 is 0 Å². The van der Waals surface area contributed by atoms with Crippen LogP contribution in [-0.2, 0) is 20.8 Å². The number of thiazole rings is 1. The highest BCUT2D eigenvalue weighted by molar-refractivity contribution is 7.13. The fourth-order valence-corrected chi connectivity index (χ4v) is 2.97. The number of carbonyl (C=O) groups is 3. The van der Waals surface area contributed by atoms with E-state index in [0.717, 1.165) is 15.6 Å². The normalized spacial score (nSPS) is 15.2. The Hall–Kier alpha value is -2.61. The number of imide groups is 1. The van der Waals surface area contributed by atoms with Gasteiger partial charge in [0.05, 0.1) is 17.8 Å². The van der Waals surface area contributed by atoms with Crippen LogP contribution in [0.1, 0.15) is 5.69 Å². The standard InChI is InChI=1S/C15H14N4O3S/c1-18-13(21)7-19(8-14(18)22)12(20)6-10-9-23-15(17-10)11-4-2-3-5-16-11/h2-5,9H,6-8H2,1H3. The lowest BCUT2D eigenvalue weighted by Gasteiger charge is -2.30. The molecule has 1 saturated heterocycles. The highest BCUT2D eigenvalue weighted by Gasteiger charge is 2.31. The molecule has 3 rings (SSSR count). The van der Waals surface area contributed by atoms with E-state index in [-0.39, 0.29) is 37.2 Å². The lowest BCUT2D eigenvalue weighted by molar-refractivity contribution is -0.154. The summed E-state index contributed by atoms with van der Waals surface area (Å²) in [5.74, 6) is -1.03. The molecule has 0 spiro atoms. The molecule has 0 radical (unpaired) electrons. The predicted octanol–water partition coefficient (Wildman–Crippen LogP) is 0.575. The molecular formula is C15H14N4O3S. The topological polar surface area (TPSA) is 83.5 Å². The van der Waals surface area contributed by atoms with Crippen molar-refractivity contribution in [1.82, 2.24) is 19.8 Å². The number of amides is 3. The number of aromatic nitrogens is 2. The Balaban J connectivity index is 1.68. The Morgan fingerprint density at radius 2 is 2.00 bits per heavy atom. The molecule has 1 fully saturated rings. The van der Waals surface area contributed by atoms with Gasteiger partial charge in [-0.1, -0.05) is 6.07 Å². The molecule has 0 N–H and O–H groups in total. The monoisotopic (exact) mass is 330 g/mol. The van der Waals surface area contributed by atoms with Gasteiger partial charge in [0, 0.05) is 18.6 Å². The summed E-state index contributed by atoms with van der Waals surface area (Å²) in [6.07, 6.45) is 1.75. The van der Waals surface area contributed by atoms with Crippen LogP contribution < -0.4 is 0 Å². The van der Waals surface area contributed by atoms with Crippen LogP contribution in [0.5, 0.6) is 0 Å². The first-order valence-corrected chi connectivity index (χ1v) is 7.85. The van der Waals surface area contributed by atoms with Crippen molar-refractivity contribution < 1.29 is 14.4 Å². The highest BCUT2D eigenvalue weighted by Crippen LogP contribution is 2.21. The summed E-state index contributed by atoms with van der Waals surface area (Å²) < 4.78 is 0. The number of carbonyl (C=O) groups excluding carboxylic acids is 3. The van der Waals surface area contributed by atoms with E-state index in [9.17, 15) is 14.4 Å². The smallest absolute Gasteiger partial charge is 0.248 e. The molecule has 0 unspecified atom stereocenters. The average molecular weight is 330 g/mol. The minimum atomic E-state index is -0.373. The zero-order valence-corrected chi connectivity index (χ0v) is 13.2. The van der Waals surface area contributed by atoms with Crippen LogP contribution in [0.3, 0.4) is 0 Å². The number of nitrogens with zero attached hydrogens (tertiary/aromatic N) is 4. The predicted molar refractivity (Wildman–Crippen MR) is 83.4 cm³/mol. The van der Waals surface area contributed by atoms with E-state index < -0.39 is 0 Å². The molecule has 0 bridgehead atoms. The van der Waals surface area contributed by atoms with Crippen LogP contribution in [-0.4, -0.2) is 57.6 Å². The van der Waals surface area contributed by atoms with Gasteiger partial charge in [0.2, 0.25) is 17.7 Å². The van der Waals surface area contributed by atoms with Gasteiger partial charge in [0.1, 0.15) is 18.1 Å². The Bertz CT molecular complexity index is 741. The average Bonchev–Trinajstić information content (AvgIpc) is 3.01. The molecule has 118 valence electrons. The molecule has 0 saturated carbocycles. The van der Waals surface area contributed by atoms with E-state index in [4.69, 9.17) is 0 Å². The van der Waals surface area contributed by atoms with Gasteiger partial charge >= 0.3 is 0 Å². The van der Waals surface area contributed by atoms with Gasteiger partial charge in [-0.3, -0.25) is 24.3 Å². The van der Waals surface area contributed by atoms with Crippen LogP contribution in [0, 0.1) is 0 Å². The molecule has 7 nitrogen and oxygen atoms in total. The molecule has 2 aromatic heterocycles. The molecule has 0 aromatic carbocycles. The maximum absolute atomic E-state index is 12.3. The van der Waals surface area contributed by atoms with Crippen molar-refractivity contribution >= 4 is 29.1 Å². The van der Waals surface area contributed by atoms with Crippen LogP contribution >= 0.6 is 11.3 Å². The maximum atomic E-state index is 12.3. The first-order chi connectivity index (χ1) is 11.0.